The van der Waals surface area contributed by atoms with E-state index in [2.05, 4.69) is 20.4 Å². The van der Waals surface area contributed by atoms with Gasteiger partial charge in [0.2, 0.25) is 0 Å². The van der Waals surface area contributed by atoms with Crippen molar-refractivity contribution in [1.29, 1.82) is 0 Å². The highest BCUT2D eigenvalue weighted by Crippen LogP contribution is 2.38. The molecule has 1 N–H and O–H groups in total. The van der Waals surface area contributed by atoms with Gasteiger partial charge in [0.1, 0.15) is 12.4 Å². The van der Waals surface area contributed by atoms with Crippen LogP contribution in [0.25, 0.3) is 0 Å². The Bertz CT molecular complexity index is 634. The van der Waals surface area contributed by atoms with Gasteiger partial charge in [0, 0.05) is 38.2 Å². The Kier molecular flexibility index (Phi) is 6.42. The van der Waals surface area contributed by atoms with E-state index < -0.39 is 0 Å². The van der Waals surface area contributed by atoms with E-state index in [4.69, 9.17) is 9.73 Å². The molecule has 7 nitrogen and oxygen atoms in total. The lowest BCUT2D eigenvalue weighted by molar-refractivity contribution is 0.156. The number of ether oxygens (including phenoxy) is 1. The van der Waals surface area contributed by atoms with Gasteiger partial charge in [-0.3, -0.25) is 0 Å². The van der Waals surface area contributed by atoms with Gasteiger partial charge in [-0.25, -0.2) is 4.99 Å². The van der Waals surface area contributed by atoms with E-state index in [1.54, 1.807) is 0 Å². The van der Waals surface area contributed by atoms with Gasteiger partial charge in [0.25, 0.3) is 0 Å². The van der Waals surface area contributed by atoms with Crippen LogP contribution in [0.5, 0.6) is 0 Å². The molecule has 1 unspecified atom stereocenters. The molecule has 3 fully saturated rings. The first-order valence-corrected chi connectivity index (χ1v) is 9.64. The Morgan fingerprint density at radius 2 is 2.12 bits per heavy atom. The molecule has 1 aliphatic carbocycles. The SMILES string of the molecule is Cc1nnc(CN=C(NC2CCCC2)N2CCC3(CCOC3)C2)n1C.I. The summed E-state index contributed by atoms with van der Waals surface area (Å²) >= 11 is 0. The molecule has 26 heavy (non-hydrogen) atoms. The summed E-state index contributed by atoms with van der Waals surface area (Å²) < 4.78 is 7.70. The van der Waals surface area contributed by atoms with Crippen molar-refractivity contribution in [3.05, 3.63) is 11.6 Å². The van der Waals surface area contributed by atoms with E-state index in [1.807, 2.05) is 18.5 Å². The number of aromatic nitrogens is 3. The number of guanidine groups is 1. The van der Waals surface area contributed by atoms with E-state index in [0.717, 1.165) is 43.9 Å². The van der Waals surface area contributed by atoms with Crippen molar-refractivity contribution in [2.75, 3.05) is 26.3 Å². The summed E-state index contributed by atoms with van der Waals surface area (Å²) in [5.41, 5.74) is 0.347. The lowest BCUT2D eigenvalue weighted by Gasteiger charge is -2.27. The maximum absolute atomic E-state index is 5.68. The molecule has 1 aromatic heterocycles. The molecule has 1 aromatic rings. The number of hydrogen-bond acceptors (Lipinski definition) is 4. The maximum Gasteiger partial charge on any atom is 0.194 e. The van der Waals surface area contributed by atoms with Crippen LogP contribution in [-0.2, 0) is 18.3 Å². The van der Waals surface area contributed by atoms with E-state index in [0.29, 0.717) is 18.0 Å². The lowest BCUT2D eigenvalue weighted by atomic mass is 9.87. The van der Waals surface area contributed by atoms with Crippen LogP contribution in [0.1, 0.15) is 50.2 Å². The second-order valence-electron chi connectivity index (χ2n) is 7.96. The largest absolute Gasteiger partial charge is 0.381 e. The highest BCUT2D eigenvalue weighted by Gasteiger charge is 2.42. The van der Waals surface area contributed by atoms with Crippen LogP contribution in [0.2, 0.25) is 0 Å². The molecule has 2 aliphatic heterocycles. The van der Waals surface area contributed by atoms with Gasteiger partial charge in [-0.2, -0.15) is 0 Å². The summed E-state index contributed by atoms with van der Waals surface area (Å²) in [6, 6.07) is 0.566. The van der Waals surface area contributed by atoms with E-state index in [1.165, 1.54) is 38.5 Å². The second kappa shape index (κ2) is 8.41. The normalized spacial score (nSPS) is 26.7. The minimum atomic E-state index is 0. The first-order valence-electron chi connectivity index (χ1n) is 9.64. The first kappa shape index (κ1) is 19.9. The standard InChI is InChI=1S/C18H30N6O.HI/c1-14-21-22-16(23(14)2)11-19-17(20-15-5-3-4-6-15)24-9-7-18(12-24)8-10-25-13-18;/h15H,3-13H2,1-2H3,(H,19,20);1H. The van der Waals surface area contributed by atoms with Crippen molar-refractivity contribution >= 4 is 29.9 Å². The smallest absolute Gasteiger partial charge is 0.194 e. The third-order valence-corrected chi connectivity index (χ3v) is 6.16. The molecule has 2 saturated heterocycles. The zero-order chi connectivity index (χ0) is 17.3. The fraction of sp³-hybridized carbons (Fsp3) is 0.833. The van der Waals surface area contributed by atoms with Gasteiger partial charge >= 0.3 is 0 Å². The molecule has 0 bridgehead atoms. The minimum Gasteiger partial charge on any atom is -0.381 e. The van der Waals surface area contributed by atoms with E-state index in [-0.39, 0.29) is 24.0 Å². The average Bonchev–Trinajstić information content (AvgIpc) is 3.39. The average molecular weight is 474 g/mol. The molecule has 0 amide bonds. The number of nitrogens with one attached hydrogen (secondary N) is 1. The quantitative estimate of drug-likeness (QED) is 0.414. The van der Waals surface area contributed by atoms with Crippen LogP contribution < -0.4 is 5.32 Å². The lowest BCUT2D eigenvalue weighted by Crippen LogP contribution is -2.45. The summed E-state index contributed by atoms with van der Waals surface area (Å²) in [4.78, 5) is 7.38. The van der Waals surface area contributed by atoms with Crippen LogP contribution in [0.15, 0.2) is 4.99 Å². The molecule has 3 aliphatic rings. The number of likely N-dealkylation sites (tertiary alicyclic amines) is 1. The maximum atomic E-state index is 5.68. The first-order chi connectivity index (χ1) is 12.2. The molecule has 1 spiro atoms. The molecule has 3 heterocycles. The topological polar surface area (TPSA) is 67.6 Å². The molecule has 0 radical (unpaired) electrons. The number of aliphatic imine (C=N–C) groups is 1. The highest BCUT2D eigenvalue weighted by atomic mass is 127. The fourth-order valence-electron chi connectivity index (χ4n) is 4.31. The Labute approximate surface area is 173 Å². The molecule has 1 atom stereocenters. The van der Waals surface area contributed by atoms with Crippen molar-refractivity contribution in [3.63, 3.8) is 0 Å². The van der Waals surface area contributed by atoms with Crippen molar-refractivity contribution in [2.24, 2.45) is 17.5 Å². The minimum absolute atomic E-state index is 0. The van der Waals surface area contributed by atoms with Crippen LogP contribution in [0.3, 0.4) is 0 Å². The zero-order valence-corrected chi connectivity index (χ0v) is 18.2. The van der Waals surface area contributed by atoms with Gasteiger partial charge in [0.15, 0.2) is 11.8 Å². The molecule has 1 saturated carbocycles. The Balaban J connectivity index is 0.00000196. The predicted octanol–water partition coefficient (Wildman–Crippen LogP) is 2.24. The van der Waals surface area contributed by atoms with Crippen LogP contribution >= 0.6 is 24.0 Å². The Morgan fingerprint density at radius 3 is 2.77 bits per heavy atom. The molecule has 0 aromatic carbocycles. The third-order valence-electron chi connectivity index (χ3n) is 6.16. The summed E-state index contributed by atoms with van der Waals surface area (Å²) in [5, 5.41) is 12.1. The Morgan fingerprint density at radius 1 is 1.31 bits per heavy atom. The number of hydrogen-bond donors (Lipinski definition) is 1. The number of rotatable bonds is 3. The fourth-order valence-corrected chi connectivity index (χ4v) is 4.31. The van der Waals surface area contributed by atoms with Gasteiger partial charge in [-0.1, -0.05) is 12.8 Å². The number of aryl methyl sites for hydroxylation is 1. The van der Waals surface area contributed by atoms with Crippen LogP contribution in [-0.4, -0.2) is 58.0 Å². The molecular formula is C18H31IN6O. The highest BCUT2D eigenvalue weighted by molar-refractivity contribution is 14.0. The zero-order valence-electron chi connectivity index (χ0n) is 15.9. The summed E-state index contributed by atoms with van der Waals surface area (Å²) in [7, 11) is 2.00. The van der Waals surface area contributed by atoms with Gasteiger partial charge in [-0.15, -0.1) is 34.2 Å². The van der Waals surface area contributed by atoms with Crippen LogP contribution in [0.4, 0.5) is 0 Å². The third kappa shape index (κ3) is 4.16. The van der Waals surface area contributed by atoms with Crippen molar-refractivity contribution in [1.82, 2.24) is 25.0 Å². The van der Waals surface area contributed by atoms with E-state index in [9.17, 15) is 0 Å². The number of nitrogens with zero attached hydrogens (tertiary/aromatic N) is 5. The van der Waals surface area contributed by atoms with Crippen molar-refractivity contribution in [3.8, 4) is 0 Å². The summed E-state index contributed by atoms with van der Waals surface area (Å²) in [5.74, 6) is 2.90. The Hall–Kier alpha value is -0.900. The summed E-state index contributed by atoms with van der Waals surface area (Å²) in [6.07, 6.45) is 7.55. The molecule has 8 heteroatoms. The predicted molar refractivity (Wildman–Crippen MR) is 112 cm³/mol. The van der Waals surface area contributed by atoms with E-state index >= 15 is 0 Å². The van der Waals surface area contributed by atoms with Crippen molar-refractivity contribution < 1.29 is 4.74 Å². The molecular weight excluding hydrogens is 443 g/mol. The van der Waals surface area contributed by atoms with Gasteiger partial charge in [-0.05, 0) is 32.6 Å². The van der Waals surface area contributed by atoms with Gasteiger partial charge in [0.05, 0.1) is 6.61 Å². The molecule has 146 valence electrons. The van der Waals surface area contributed by atoms with Crippen LogP contribution in [0, 0.1) is 12.3 Å². The summed E-state index contributed by atoms with van der Waals surface area (Å²) in [6.45, 7) is 6.50. The monoisotopic (exact) mass is 474 g/mol. The second-order valence-corrected chi connectivity index (χ2v) is 7.96. The molecule has 4 rings (SSSR count). The van der Waals surface area contributed by atoms with Crippen molar-refractivity contribution in [2.45, 2.75) is 58.0 Å². The van der Waals surface area contributed by atoms with Gasteiger partial charge < -0.3 is 19.5 Å². The number of halogens is 1.